The van der Waals surface area contributed by atoms with E-state index in [-0.39, 0.29) is 4.90 Å². The first-order valence-corrected chi connectivity index (χ1v) is 6.66. The summed E-state index contributed by atoms with van der Waals surface area (Å²) in [4.78, 5) is 4.03. The molecule has 3 nitrogen and oxygen atoms in total. The minimum absolute atomic E-state index is 0.0198. The molecule has 0 unspecified atom stereocenters. The number of fused-ring (bicyclic) bond motifs is 1. The molecule has 0 fully saturated rings. The van der Waals surface area contributed by atoms with E-state index in [0.29, 0.717) is 15.9 Å². The maximum atomic E-state index is 11.1. The number of aromatic nitrogens is 1. The number of hydrogen-bond donors (Lipinski definition) is 0. The zero-order valence-corrected chi connectivity index (χ0v) is 9.64. The molecule has 1 aromatic carbocycles. The molecule has 0 spiro atoms. The Balaban J connectivity index is 2.79. The first-order chi connectivity index (χ1) is 6.98. The molecule has 0 aliphatic carbocycles. The summed E-state index contributed by atoms with van der Waals surface area (Å²) in [6.45, 7) is 0. The van der Waals surface area contributed by atoms with E-state index in [4.69, 9.17) is 22.3 Å². The van der Waals surface area contributed by atoms with Crippen LogP contribution in [0.2, 0.25) is 5.02 Å². The van der Waals surface area contributed by atoms with E-state index in [9.17, 15) is 8.42 Å². The number of hydrogen-bond acceptors (Lipinski definition) is 3. The zero-order valence-electron chi connectivity index (χ0n) is 7.31. The molecule has 0 radical (unpaired) electrons. The average Bonchev–Trinajstić information content (AvgIpc) is 2.16. The van der Waals surface area contributed by atoms with Crippen LogP contribution in [0.15, 0.2) is 35.4 Å². The summed E-state index contributed by atoms with van der Waals surface area (Å²) < 4.78 is 22.1. The van der Waals surface area contributed by atoms with E-state index in [1.54, 1.807) is 12.1 Å². The Labute approximate surface area is 96.1 Å². The molecule has 0 aliphatic rings. The molecule has 2 aromatic rings. The Hall–Kier alpha value is -0.840. The second kappa shape index (κ2) is 3.63. The first-order valence-electron chi connectivity index (χ1n) is 3.97. The molecule has 1 aromatic heterocycles. The molecule has 0 N–H and O–H groups in total. The zero-order chi connectivity index (χ0) is 11.1. The molecule has 1 heterocycles. The highest BCUT2D eigenvalue weighted by molar-refractivity contribution is 8.13. The van der Waals surface area contributed by atoms with Crippen LogP contribution in [0.3, 0.4) is 0 Å². The fourth-order valence-corrected chi connectivity index (χ4v) is 2.23. The van der Waals surface area contributed by atoms with Crippen LogP contribution in [-0.2, 0) is 9.05 Å². The first kappa shape index (κ1) is 10.7. The van der Waals surface area contributed by atoms with Crippen LogP contribution in [0.1, 0.15) is 0 Å². The Morgan fingerprint density at radius 3 is 2.60 bits per heavy atom. The van der Waals surface area contributed by atoms with Crippen molar-refractivity contribution in [2.24, 2.45) is 0 Å². The highest BCUT2D eigenvalue weighted by Gasteiger charge is 2.11. The van der Waals surface area contributed by atoms with Crippen LogP contribution in [0.25, 0.3) is 10.9 Å². The second-order valence-corrected chi connectivity index (χ2v) is 5.88. The molecule has 0 aliphatic heterocycles. The van der Waals surface area contributed by atoms with Gasteiger partial charge in [0.15, 0.2) is 0 Å². The van der Waals surface area contributed by atoms with Crippen molar-refractivity contribution in [3.8, 4) is 0 Å². The van der Waals surface area contributed by atoms with Crippen molar-refractivity contribution in [2.45, 2.75) is 4.90 Å². The van der Waals surface area contributed by atoms with Gasteiger partial charge < -0.3 is 0 Å². The lowest BCUT2D eigenvalue weighted by molar-refractivity contribution is 0.609. The molecule has 0 atom stereocenters. The van der Waals surface area contributed by atoms with Gasteiger partial charge in [-0.25, -0.2) is 8.42 Å². The predicted octanol–water partition coefficient (Wildman–Crippen LogP) is 2.82. The van der Waals surface area contributed by atoms with Crippen molar-refractivity contribution in [3.05, 3.63) is 35.5 Å². The Morgan fingerprint density at radius 1 is 1.20 bits per heavy atom. The highest BCUT2D eigenvalue weighted by atomic mass is 35.7. The lowest BCUT2D eigenvalue weighted by Gasteiger charge is -2.01. The van der Waals surface area contributed by atoms with Crippen LogP contribution in [0, 0.1) is 0 Å². The normalized spacial score (nSPS) is 11.9. The van der Waals surface area contributed by atoms with Crippen molar-refractivity contribution in [1.82, 2.24) is 4.98 Å². The summed E-state index contributed by atoms with van der Waals surface area (Å²) in [5.74, 6) is 0. The lowest BCUT2D eigenvalue weighted by Crippen LogP contribution is -1.91. The van der Waals surface area contributed by atoms with Gasteiger partial charge in [0.25, 0.3) is 9.05 Å². The van der Waals surface area contributed by atoms with Gasteiger partial charge in [-0.05, 0) is 24.3 Å². The van der Waals surface area contributed by atoms with Gasteiger partial charge >= 0.3 is 0 Å². The molecule has 0 saturated carbocycles. The van der Waals surface area contributed by atoms with Gasteiger partial charge in [0.1, 0.15) is 0 Å². The molecule has 6 heteroatoms. The molecular weight excluding hydrogens is 257 g/mol. The van der Waals surface area contributed by atoms with Crippen LogP contribution >= 0.6 is 22.3 Å². The Morgan fingerprint density at radius 2 is 1.93 bits per heavy atom. The molecule has 0 bridgehead atoms. The molecule has 78 valence electrons. The van der Waals surface area contributed by atoms with E-state index in [2.05, 4.69) is 4.98 Å². The molecule has 2 rings (SSSR count). The third-order valence-corrected chi connectivity index (χ3v) is 3.62. The van der Waals surface area contributed by atoms with Crippen molar-refractivity contribution in [2.75, 3.05) is 0 Å². The summed E-state index contributed by atoms with van der Waals surface area (Å²) in [6, 6.07) is 6.01. The van der Waals surface area contributed by atoms with Crippen molar-refractivity contribution in [1.29, 1.82) is 0 Å². The number of rotatable bonds is 1. The summed E-state index contributed by atoms with van der Waals surface area (Å²) in [5.41, 5.74) is 0.504. The van der Waals surface area contributed by atoms with Crippen molar-refractivity contribution >= 4 is 42.2 Å². The number of nitrogens with zero attached hydrogens (tertiary/aromatic N) is 1. The van der Waals surface area contributed by atoms with Crippen molar-refractivity contribution < 1.29 is 8.42 Å². The maximum absolute atomic E-state index is 11.1. The fraction of sp³-hybridized carbons (Fsp3) is 0. The van der Waals surface area contributed by atoms with Crippen LogP contribution in [0.4, 0.5) is 0 Å². The summed E-state index contributed by atoms with van der Waals surface area (Å²) in [7, 11) is 1.49. The van der Waals surface area contributed by atoms with Crippen molar-refractivity contribution in [3.63, 3.8) is 0 Å². The lowest BCUT2D eigenvalue weighted by atomic mass is 10.2. The van der Waals surface area contributed by atoms with E-state index in [1.165, 1.54) is 18.3 Å². The van der Waals surface area contributed by atoms with Gasteiger partial charge in [0, 0.05) is 22.3 Å². The third-order valence-electron chi connectivity index (χ3n) is 1.94. The summed E-state index contributed by atoms with van der Waals surface area (Å²) >= 11 is 5.90. The van der Waals surface area contributed by atoms with Gasteiger partial charge in [0.2, 0.25) is 0 Å². The number of pyridine rings is 1. The van der Waals surface area contributed by atoms with E-state index >= 15 is 0 Å². The molecule has 15 heavy (non-hydrogen) atoms. The van der Waals surface area contributed by atoms with Crippen LogP contribution in [0.5, 0.6) is 0 Å². The van der Waals surface area contributed by atoms with Gasteiger partial charge in [-0.3, -0.25) is 4.98 Å². The molecular formula is C9H5Cl2NO2S. The summed E-state index contributed by atoms with van der Waals surface area (Å²) in [5, 5.41) is 1.22. The quantitative estimate of drug-likeness (QED) is 0.742. The minimum atomic E-state index is -3.72. The highest BCUT2D eigenvalue weighted by Crippen LogP contribution is 2.25. The number of benzene rings is 1. The van der Waals surface area contributed by atoms with Gasteiger partial charge in [0.05, 0.1) is 15.4 Å². The van der Waals surface area contributed by atoms with Gasteiger partial charge in [-0.1, -0.05) is 11.6 Å². The molecule has 0 amide bonds. The smallest absolute Gasteiger partial charge is 0.256 e. The second-order valence-electron chi connectivity index (χ2n) is 2.91. The van der Waals surface area contributed by atoms with E-state index < -0.39 is 9.05 Å². The third kappa shape index (κ3) is 2.07. The average molecular weight is 262 g/mol. The van der Waals surface area contributed by atoms with E-state index in [1.807, 2.05) is 0 Å². The standard InChI is InChI=1S/C9H5Cl2NO2S/c10-8-3-4-12-9-5-6(15(11,13)14)1-2-7(8)9/h1-5H. The SMILES string of the molecule is O=S(=O)(Cl)c1ccc2c(Cl)ccnc2c1. The Kier molecular flexibility index (Phi) is 2.58. The monoisotopic (exact) mass is 261 g/mol. The van der Waals surface area contributed by atoms with Crippen LogP contribution in [-0.4, -0.2) is 13.4 Å². The van der Waals surface area contributed by atoms with Gasteiger partial charge in [-0.2, -0.15) is 0 Å². The van der Waals surface area contributed by atoms with E-state index in [0.717, 1.165) is 0 Å². The Bertz CT molecular complexity index is 625. The fourth-order valence-electron chi connectivity index (χ4n) is 1.24. The minimum Gasteiger partial charge on any atom is -0.256 e. The number of halogens is 2. The largest absolute Gasteiger partial charge is 0.261 e. The van der Waals surface area contributed by atoms with Gasteiger partial charge in [-0.15, -0.1) is 0 Å². The topological polar surface area (TPSA) is 47.0 Å². The summed E-state index contributed by atoms with van der Waals surface area (Å²) in [6.07, 6.45) is 1.51. The molecule has 0 saturated heterocycles. The predicted molar refractivity (Wildman–Crippen MR) is 59.8 cm³/mol. The maximum Gasteiger partial charge on any atom is 0.261 e. The van der Waals surface area contributed by atoms with Crippen LogP contribution < -0.4 is 0 Å².